The number of hydrogen-bond acceptors (Lipinski definition) is 2. The molecule has 0 saturated heterocycles. The van der Waals surface area contributed by atoms with Gasteiger partial charge in [0.25, 0.3) is 0 Å². The van der Waals surface area contributed by atoms with Gasteiger partial charge in [0, 0.05) is 12.7 Å². The zero-order chi connectivity index (χ0) is 9.68. The van der Waals surface area contributed by atoms with Gasteiger partial charge in [0.2, 0.25) is 0 Å². The fourth-order valence-electron chi connectivity index (χ4n) is 1.53. The van der Waals surface area contributed by atoms with Gasteiger partial charge in [-0.1, -0.05) is 20.3 Å². The number of rotatable bonds is 5. The number of aliphatic hydroxyl groups is 1. The molecule has 3 heteroatoms. The SMILES string of the molecule is CCCC(C)Cn1cnc(CO)c1. The lowest BCUT2D eigenvalue weighted by Gasteiger charge is -2.09. The number of imidazole rings is 1. The lowest BCUT2D eigenvalue weighted by molar-refractivity contribution is 0.277. The van der Waals surface area contributed by atoms with Crippen molar-refractivity contribution in [2.24, 2.45) is 5.92 Å². The molecular weight excluding hydrogens is 164 g/mol. The molecule has 13 heavy (non-hydrogen) atoms. The topological polar surface area (TPSA) is 38.0 Å². The van der Waals surface area contributed by atoms with E-state index in [1.54, 1.807) is 6.33 Å². The molecule has 0 radical (unpaired) electrons. The van der Waals surface area contributed by atoms with Crippen molar-refractivity contribution in [1.29, 1.82) is 0 Å². The average molecular weight is 182 g/mol. The first-order valence-electron chi connectivity index (χ1n) is 4.87. The molecule has 1 aromatic heterocycles. The summed E-state index contributed by atoms with van der Waals surface area (Å²) in [7, 11) is 0. The maximum atomic E-state index is 8.81. The van der Waals surface area contributed by atoms with Crippen LogP contribution in [0.25, 0.3) is 0 Å². The van der Waals surface area contributed by atoms with Crippen LogP contribution in [0.2, 0.25) is 0 Å². The minimum atomic E-state index is 0.0369. The van der Waals surface area contributed by atoms with Gasteiger partial charge in [0.1, 0.15) is 0 Å². The largest absolute Gasteiger partial charge is 0.390 e. The summed E-state index contributed by atoms with van der Waals surface area (Å²) in [5.41, 5.74) is 0.753. The lowest BCUT2D eigenvalue weighted by atomic mass is 10.1. The van der Waals surface area contributed by atoms with Gasteiger partial charge in [-0.15, -0.1) is 0 Å². The molecule has 0 aliphatic carbocycles. The van der Waals surface area contributed by atoms with Gasteiger partial charge in [0.05, 0.1) is 18.6 Å². The van der Waals surface area contributed by atoms with E-state index in [-0.39, 0.29) is 6.61 Å². The Hall–Kier alpha value is -0.830. The zero-order valence-corrected chi connectivity index (χ0v) is 8.40. The zero-order valence-electron chi connectivity index (χ0n) is 8.40. The Labute approximate surface area is 79.4 Å². The van der Waals surface area contributed by atoms with Gasteiger partial charge in [-0.3, -0.25) is 0 Å². The second-order valence-electron chi connectivity index (χ2n) is 3.61. The van der Waals surface area contributed by atoms with E-state index in [1.807, 2.05) is 10.8 Å². The Bertz CT molecular complexity index is 245. The predicted octanol–water partition coefficient (Wildman–Crippen LogP) is 1.81. The minimum Gasteiger partial charge on any atom is -0.390 e. The molecule has 0 amide bonds. The molecule has 0 fully saturated rings. The second-order valence-corrected chi connectivity index (χ2v) is 3.61. The fraction of sp³-hybridized carbons (Fsp3) is 0.700. The monoisotopic (exact) mass is 182 g/mol. The standard InChI is InChI=1S/C10H18N2O/c1-3-4-9(2)5-12-6-10(7-13)11-8-12/h6,8-9,13H,3-5,7H2,1-2H3. The summed E-state index contributed by atoms with van der Waals surface area (Å²) in [5.74, 6) is 0.686. The summed E-state index contributed by atoms with van der Waals surface area (Å²) in [6, 6.07) is 0. The van der Waals surface area contributed by atoms with Crippen LogP contribution in [-0.2, 0) is 13.2 Å². The van der Waals surface area contributed by atoms with Gasteiger partial charge in [-0.05, 0) is 12.3 Å². The van der Waals surface area contributed by atoms with Crippen LogP contribution in [0.15, 0.2) is 12.5 Å². The van der Waals surface area contributed by atoms with E-state index in [0.717, 1.165) is 12.2 Å². The lowest BCUT2D eigenvalue weighted by Crippen LogP contribution is -2.05. The van der Waals surface area contributed by atoms with Crippen molar-refractivity contribution in [1.82, 2.24) is 9.55 Å². The summed E-state index contributed by atoms with van der Waals surface area (Å²) in [4.78, 5) is 4.06. The summed E-state index contributed by atoms with van der Waals surface area (Å²) in [5, 5.41) is 8.81. The Kier molecular flexibility index (Phi) is 3.96. The first-order valence-corrected chi connectivity index (χ1v) is 4.87. The molecule has 1 unspecified atom stereocenters. The van der Waals surface area contributed by atoms with E-state index in [1.165, 1.54) is 12.8 Å². The van der Waals surface area contributed by atoms with Crippen LogP contribution in [0.5, 0.6) is 0 Å². The Morgan fingerprint density at radius 1 is 1.62 bits per heavy atom. The van der Waals surface area contributed by atoms with E-state index < -0.39 is 0 Å². The van der Waals surface area contributed by atoms with E-state index in [0.29, 0.717) is 5.92 Å². The normalized spacial score (nSPS) is 13.2. The molecule has 1 rings (SSSR count). The Morgan fingerprint density at radius 2 is 2.38 bits per heavy atom. The highest BCUT2D eigenvalue weighted by Gasteiger charge is 2.02. The van der Waals surface area contributed by atoms with Crippen molar-refractivity contribution in [3.05, 3.63) is 18.2 Å². The molecular formula is C10H18N2O. The quantitative estimate of drug-likeness (QED) is 0.754. The highest BCUT2D eigenvalue weighted by molar-refractivity contribution is 4.94. The number of aliphatic hydroxyl groups excluding tert-OH is 1. The molecule has 0 aliphatic heterocycles. The van der Waals surface area contributed by atoms with Gasteiger partial charge >= 0.3 is 0 Å². The molecule has 1 atom stereocenters. The average Bonchev–Trinajstić information content (AvgIpc) is 2.52. The van der Waals surface area contributed by atoms with Crippen LogP contribution in [0.3, 0.4) is 0 Å². The van der Waals surface area contributed by atoms with Crippen LogP contribution in [0, 0.1) is 5.92 Å². The summed E-state index contributed by atoms with van der Waals surface area (Å²) in [6.45, 7) is 5.47. The summed E-state index contributed by atoms with van der Waals surface area (Å²) in [6.07, 6.45) is 6.17. The summed E-state index contributed by atoms with van der Waals surface area (Å²) >= 11 is 0. The number of hydrogen-bond donors (Lipinski definition) is 1. The van der Waals surface area contributed by atoms with Crippen molar-refractivity contribution in [2.45, 2.75) is 39.8 Å². The third kappa shape index (κ3) is 3.19. The van der Waals surface area contributed by atoms with E-state index in [2.05, 4.69) is 18.8 Å². The fourth-order valence-corrected chi connectivity index (χ4v) is 1.53. The highest BCUT2D eigenvalue weighted by Crippen LogP contribution is 2.08. The van der Waals surface area contributed by atoms with Crippen LogP contribution in [-0.4, -0.2) is 14.7 Å². The molecule has 0 spiro atoms. The molecule has 1 N–H and O–H groups in total. The first-order chi connectivity index (χ1) is 6.26. The van der Waals surface area contributed by atoms with Crippen LogP contribution < -0.4 is 0 Å². The van der Waals surface area contributed by atoms with Gasteiger partial charge in [-0.2, -0.15) is 0 Å². The molecule has 1 heterocycles. The molecule has 1 aromatic rings. The number of aromatic nitrogens is 2. The number of nitrogens with zero attached hydrogens (tertiary/aromatic N) is 2. The van der Waals surface area contributed by atoms with Crippen LogP contribution in [0.1, 0.15) is 32.4 Å². The van der Waals surface area contributed by atoms with Gasteiger partial charge in [-0.25, -0.2) is 4.98 Å². The van der Waals surface area contributed by atoms with Gasteiger partial charge in [0.15, 0.2) is 0 Å². The maximum absolute atomic E-state index is 8.81. The van der Waals surface area contributed by atoms with Crippen molar-refractivity contribution in [3.8, 4) is 0 Å². The van der Waals surface area contributed by atoms with Crippen molar-refractivity contribution >= 4 is 0 Å². The second kappa shape index (κ2) is 5.02. The van der Waals surface area contributed by atoms with E-state index >= 15 is 0 Å². The molecule has 0 saturated carbocycles. The smallest absolute Gasteiger partial charge is 0.0950 e. The Morgan fingerprint density at radius 3 is 2.92 bits per heavy atom. The summed E-state index contributed by atoms with van der Waals surface area (Å²) < 4.78 is 2.05. The Balaban J connectivity index is 2.44. The predicted molar refractivity (Wildman–Crippen MR) is 52.2 cm³/mol. The molecule has 3 nitrogen and oxygen atoms in total. The van der Waals surface area contributed by atoms with Gasteiger partial charge < -0.3 is 9.67 Å². The maximum Gasteiger partial charge on any atom is 0.0950 e. The third-order valence-electron chi connectivity index (χ3n) is 2.15. The van der Waals surface area contributed by atoms with Crippen LogP contribution in [0.4, 0.5) is 0 Å². The third-order valence-corrected chi connectivity index (χ3v) is 2.15. The van der Waals surface area contributed by atoms with E-state index in [9.17, 15) is 0 Å². The van der Waals surface area contributed by atoms with Crippen LogP contribution >= 0.6 is 0 Å². The molecule has 0 bridgehead atoms. The van der Waals surface area contributed by atoms with E-state index in [4.69, 9.17) is 5.11 Å². The van der Waals surface area contributed by atoms with Crippen molar-refractivity contribution in [2.75, 3.05) is 0 Å². The van der Waals surface area contributed by atoms with Crippen molar-refractivity contribution < 1.29 is 5.11 Å². The first kappa shape index (κ1) is 10.3. The molecule has 0 aromatic carbocycles. The highest BCUT2D eigenvalue weighted by atomic mass is 16.3. The molecule has 0 aliphatic rings. The van der Waals surface area contributed by atoms with Crippen molar-refractivity contribution in [3.63, 3.8) is 0 Å². The minimum absolute atomic E-state index is 0.0369. The molecule has 74 valence electrons.